The average Bonchev–Trinajstić information content (AvgIpc) is 2.57. The fraction of sp³-hybridized carbons (Fsp3) is 0.500. The Morgan fingerprint density at radius 1 is 1.32 bits per heavy atom. The topological polar surface area (TPSA) is 67.9 Å². The van der Waals surface area contributed by atoms with Crippen molar-refractivity contribution in [3.05, 3.63) is 35.8 Å². The van der Waals surface area contributed by atoms with Gasteiger partial charge >= 0.3 is 6.09 Å². The molecule has 6 heteroatoms. The Labute approximate surface area is 138 Å². The minimum atomic E-state index is -1.26. The van der Waals surface area contributed by atoms with Crippen LogP contribution >= 0.6 is 0 Å². The molecular formula is C16H24N2O4. The summed E-state index contributed by atoms with van der Waals surface area (Å²) in [5.74, 6) is -0.671. The molecule has 0 heterocycles. The molecule has 0 aromatic heterocycles. The molecule has 0 radical (unpaired) electrons. The van der Waals surface area contributed by atoms with Crippen LogP contribution in [-0.2, 0) is 20.8 Å². The maximum Gasteiger partial charge on any atom is 0.408 e. The van der Waals surface area contributed by atoms with E-state index in [1.807, 2.05) is 0 Å². The van der Waals surface area contributed by atoms with Crippen molar-refractivity contribution < 1.29 is 26.0 Å². The maximum atomic E-state index is 12.5. The number of hydrogen-bond acceptors (Lipinski definition) is 4. The Hall–Kier alpha value is -2.08. The third kappa shape index (κ3) is 6.13. The summed E-state index contributed by atoms with van der Waals surface area (Å²) in [6.07, 6.45) is -1.21. The molecule has 0 saturated carbocycles. The Bertz CT molecular complexity index is 707. The number of hydrogen-bond donors (Lipinski definition) is 1. The molecule has 0 spiro atoms. The Balaban J connectivity index is 3.26. The zero-order valence-corrected chi connectivity index (χ0v) is 13.4. The van der Waals surface area contributed by atoms with E-state index in [0.717, 1.165) is 5.06 Å². The lowest BCUT2D eigenvalue weighted by molar-refractivity contribution is -0.171. The van der Waals surface area contributed by atoms with Crippen molar-refractivity contribution in [2.75, 3.05) is 14.2 Å². The summed E-state index contributed by atoms with van der Waals surface area (Å²) in [4.78, 5) is 29.4. The van der Waals surface area contributed by atoms with Crippen molar-refractivity contribution in [3.63, 3.8) is 0 Å². The summed E-state index contributed by atoms with van der Waals surface area (Å²) < 4.78 is 44.2. The van der Waals surface area contributed by atoms with Crippen LogP contribution in [0.2, 0.25) is 0 Å². The molecular weight excluding hydrogens is 284 g/mol. The zero-order valence-electron chi connectivity index (χ0n) is 18.4. The van der Waals surface area contributed by atoms with Crippen LogP contribution in [0, 0.1) is 0 Å². The largest absolute Gasteiger partial charge is 0.444 e. The van der Waals surface area contributed by atoms with Gasteiger partial charge in [0.05, 0.1) is 14.0 Å². The van der Waals surface area contributed by atoms with Crippen molar-refractivity contribution in [2.24, 2.45) is 0 Å². The number of nitrogens with zero attached hydrogens (tertiary/aromatic N) is 1. The highest BCUT2D eigenvalue weighted by molar-refractivity contribution is 5.85. The minimum absolute atomic E-state index is 0.0973. The molecule has 0 fully saturated rings. The lowest BCUT2D eigenvalue weighted by atomic mass is 10.1. The Kier molecular flexibility index (Phi) is 4.07. The number of carbonyl (C=O) groups excluding carboxylic acids is 2. The van der Waals surface area contributed by atoms with E-state index in [0.29, 0.717) is 0 Å². The fourth-order valence-electron chi connectivity index (χ4n) is 1.54. The van der Waals surface area contributed by atoms with E-state index in [1.165, 1.54) is 14.2 Å². The monoisotopic (exact) mass is 313 g/mol. The molecule has 1 aromatic carbocycles. The fourth-order valence-corrected chi connectivity index (χ4v) is 1.54. The smallest absolute Gasteiger partial charge is 0.408 e. The van der Waals surface area contributed by atoms with Crippen LogP contribution in [0.1, 0.15) is 33.2 Å². The van der Waals surface area contributed by atoms with E-state index < -0.39 is 53.9 Å². The third-order valence-electron chi connectivity index (χ3n) is 2.53. The minimum Gasteiger partial charge on any atom is -0.444 e. The van der Waals surface area contributed by atoms with E-state index in [9.17, 15) is 9.59 Å². The normalized spacial score (nSPS) is 15.6. The summed E-state index contributed by atoms with van der Waals surface area (Å²) in [7, 11) is 2.58. The number of ether oxygens (including phenoxy) is 1. The number of amides is 2. The lowest BCUT2D eigenvalue weighted by Gasteiger charge is -2.25. The average molecular weight is 313 g/mol. The van der Waals surface area contributed by atoms with Gasteiger partial charge in [-0.25, -0.2) is 9.86 Å². The van der Waals surface area contributed by atoms with Gasteiger partial charge in [0.1, 0.15) is 11.6 Å². The van der Waals surface area contributed by atoms with E-state index in [-0.39, 0.29) is 12.0 Å². The van der Waals surface area contributed by atoms with Crippen LogP contribution in [0.15, 0.2) is 30.2 Å². The number of alkyl carbamates (subject to hydrolysis) is 1. The molecule has 0 aliphatic rings. The number of benzene rings is 1. The molecule has 1 rings (SSSR count). The van der Waals surface area contributed by atoms with Gasteiger partial charge in [-0.05, 0) is 26.3 Å². The van der Waals surface area contributed by atoms with Crippen LogP contribution in [0.4, 0.5) is 4.79 Å². The Morgan fingerprint density at radius 2 is 1.91 bits per heavy atom. The maximum absolute atomic E-state index is 12.5. The standard InChI is InChI=1S/C16H24N2O4/c1-16(2,3)22-15(20)17-13(14(19)18(4)21-5)11-12-9-7-6-8-10-12/h6-10,13H,11H2,1-5H3,(H,17,20)/t13-/m0/s1/i6D,7D,8D,9D,10D. The van der Waals surface area contributed by atoms with Gasteiger partial charge in [0, 0.05) is 13.5 Å². The van der Waals surface area contributed by atoms with Gasteiger partial charge < -0.3 is 10.1 Å². The van der Waals surface area contributed by atoms with Crippen molar-refractivity contribution in [2.45, 2.75) is 38.8 Å². The van der Waals surface area contributed by atoms with Crippen LogP contribution in [0.3, 0.4) is 0 Å². The molecule has 6 nitrogen and oxygen atoms in total. The van der Waals surface area contributed by atoms with Crippen molar-refractivity contribution in [1.82, 2.24) is 10.4 Å². The molecule has 122 valence electrons. The summed E-state index contributed by atoms with van der Waals surface area (Å²) in [5, 5.41) is 3.25. The van der Waals surface area contributed by atoms with Gasteiger partial charge in [-0.1, -0.05) is 30.2 Å². The Morgan fingerprint density at radius 3 is 2.41 bits per heavy atom. The summed E-state index contributed by atoms with van der Waals surface area (Å²) in [6.45, 7) is 4.96. The number of nitrogens with one attached hydrogen (secondary N) is 1. The van der Waals surface area contributed by atoms with Crippen molar-refractivity contribution >= 4 is 12.0 Å². The third-order valence-corrected chi connectivity index (χ3v) is 2.53. The van der Waals surface area contributed by atoms with E-state index in [4.69, 9.17) is 16.4 Å². The molecule has 1 atom stereocenters. The molecule has 0 saturated heterocycles. The summed E-state index contributed by atoms with van der Waals surface area (Å²) >= 11 is 0. The lowest BCUT2D eigenvalue weighted by Crippen LogP contribution is -2.49. The van der Waals surface area contributed by atoms with Gasteiger partial charge in [-0.3, -0.25) is 9.63 Å². The highest BCUT2D eigenvalue weighted by atomic mass is 16.7. The zero-order chi connectivity index (χ0) is 21.1. The first kappa shape index (κ1) is 11.5. The van der Waals surface area contributed by atoms with Gasteiger partial charge in [0.2, 0.25) is 0 Å². The van der Waals surface area contributed by atoms with Crippen LogP contribution in [0.5, 0.6) is 0 Å². The van der Waals surface area contributed by atoms with E-state index in [2.05, 4.69) is 5.32 Å². The highest BCUT2D eigenvalue weighted by Gasteiger charge is 2.27. The molecule has 1 aromatic rings. The number of likely N-dealkylation sites (N-methyl/N-ethyl adjacent to an activating group) is 1. The quantitative estimate of drug-likeness (QED) is 0.846. The second kappa shape index (κ2) is 7.79. The molecule has 1 N–H and O–H groups in total. The van der Waals surface area contributed by atoms with Gasteiger partial charge in [-0.2, -0.15) is 0 Å². The van der Waals surface area contributed by atoms with Gasteiger partial charge in [-0.15, -0.1) is 0 Å². The predicted molar refractivity (Wildman–Crippen MR) is 83.1 cm³/mol. The van der Waals surface area contributed by atoms with E-state index >= 15 is 0 Å². The SMILES string of the molecule is [2H]c1c([2H])c([2H])c(C[C@H](NC(=O)OC(C)(C)C)C(=O)N(C)OC)c([2H])c1[2H]. The van der Waals surface area contributed by atoms with E-state index in [1.54, 1.807) is 20.8 Å². The molecule has 0 aliphatic carbocycles. The number of carbonyl (C=O) groups is 2. The van der Waals surface area contributed by atoms with Crippen LogP contribution in [-0.4, -0.2) is 42.9 Å². The molecule has 0 aliphatic heterocycles. The molecule has 2 amide bonds. The number of rotatable bonds is 5. The van der Waals surface area contributed by atoms with Gasteiger partial charge in [0.25, 0.3) is 5.91 Å². The van der Waals surface area contributed by atoms with Crippen LogP contribution in [0.25, 0.3) is 0 Å². The first-order chi connectivity index (χ1) is 12.3. The van der Waals surface area contributed by atoms with Crippen molar-refractivity contribution in [1.29, 1.82) is 0 Å². The predicted octanol–water partition coefficient (Wildman–Crippen LogP) is 2.14. The second-order valence-electron chi connectivity index (χ2n) is 5.52. The molecule has 0 unspecified atom stereocenters. The van der Waals surface area contributed by atoms with Crippen molar-refractivity contribution in [3.8, 4) is 0 Å². The van der Waals surface area contributed by atoms with Gasteiger partial charge in [0.15, 0.2) is 0 Å². The first-order valence-corrected chi connectivity index (χ1v) is 6.67. The summed E-state index contributed by atoms with van der Waals surface area (Å²) in [5.41, 5.74) is -0.901. The highest BCUT2D eigenvalue weighted by Crippen LogP contribution is 2.09. The first-order valence-electron chi connectivity index (χ1n) is 9.17. The van der Waals surface area contributed by atoms with Crippen LogP contribution < -0.4 is 5.32 Å². The molecule has 22 heavy (non-hydrogen) atoms. The summed E-state index contributed by atoms with van der Waals surface area (Å²) in [6, 6.07) is -3.71. The second-order valence-corrected chi connectivity index (χ2v) is 5.52. The number of hydroxylamine groups is 2. The molecule has 0 bridgehead atoms.